The summed E-state index contributed by atoms with van der Waals surface area (Å²) in [5.74, 6) is 0. The van der Waals surface area contributed by atoms with Crippen molar-refractivity contribution < 1.29 is 5.11 Å². The molecular weight excluding hydrogens is 254 g/mol. The first kappa shape index (κ1) is 13.4. The summed E-state index contributed by atoms with van der Waals surface area (Å²) in [6.07, 6.45) is 1.17. The molecule has 2 heterocycles. The molecule has 1 aromatic carbocycles. The van der Waals surface area contributed by atoms with Crippen molar-refractivity contribution in [1.82, 2.24) is 14.9 Å². The predicted molar refractivity (Wildman–Crippen MR) is 78.8 cm³/mol. The monoisotopic (exact) mass is 275 g/mol. The number of aryl methyl sites for hydroxylation is 1. The molecule has 2 aromatic rings. The maximum atomic E-state index is 12.0. The summed E-state index contributed by atoms with van der Waals surface area (Å²) in [5, 5.41) is 14.1. The molecule has 0 fully saturated rings. The van der Waals surface area contributed by atoms with Crippen molar-refractivity contribution >= 4 is 11.0 Å². The minimum Gasteiger partial charge on any atom is -0.387 e. The van der Waals surface area contributed by atoms with Gasteiger partial charge in [-0.15, -0.1) is 0 Å². The molecule has 0 amide bonds. The zero-order valence-electron chi connectivity index (χ0n) is 11.9. The molecule has 5 nitrogen and oxygen atoms in total. The molecule has 1 aromatic heterocycles. The van der Waals surface area contributed by atoms with Crippen molar-refractivity contribution in [2.45, 2.75) is 51.4 Å². The number of hydrogen-bond acceptors (Lipinski definition) is 3. The van der Waals surface area contributed by atoms with Crippen LogP contribution in [0.1, 0.15) is 38.4 Å². The standard InChI is InChI=1S/C15H21N3O2/c1-3-9(2)16-12-7-8-18-13-10(14(12)19)5-4-6-11(13)17-15(18)20/h4-6,9,12,14,16,19H,3,7-8H2,1-2H3,(H,17,20)/t9-,12+,14+/m0/s1. The molecule has 0 unspecified atom stereocenters. The van der Waals surface area contributed by atoms with E-state index in [1.54, 1.807) is 4.57 Å². The van der Waals surface area contributed by atoms with Crippen LogP contribution in [0.25, 0.3) is 11.0 Å². The Morgan fingerprint density at radius 3 is 3.10 bits per heavy atom. The fourth-order valence-electron chi connectivity index (χ4n) is 3.00. The van der Waals surface area contributed by atoms with Gasteiger partial charge in [-0.05, 0) is 25.8 Å². The highest BCUT2D eigenvalue weighted by molar-refractivity contribution is 5.79. The van der Waals surface area contributed by atoms with E-state index in [2.05, 4.69) is 24.1 Å². The number of aromatic amines is 1. The van der Waals surface area contributed by atoms with Crippen LogP contribution >= 0.6 is 0 Å². The van der Waals surface area contributed by atoms with Gasteiger partial charge in [0.25, 0.3) is 0 Å². The maximum Gasteiger partial charge on any atom is 0.326 e. The van der Waals surface area contributed by atoms with E-state index in [0.717, 1.165) is 29.4 Å². The number of nitrogens with zero attached hydrogens (tertiary/aromatic N) is 1. The zero-order chi connectivity index (χ0) is 14.3. The van der Waals surface area contributed by atoms with Crippen molar-refractivity contribution in [1.29, 1.82) is 0 Å². The fraction of sp³-hybridized carbons (Fsp3) is 0.533. The van der Waals surface area contributed by atoms with Crippen molar-refractivity contribution in [2.24, 2.45) is 0 Å². The van der Waals surface area contributed by atoms with Crippen LogP contribution in [0.2, 0.25) is 0 Å². The number of benzene rings is 1. The van der Waals surface area contributed by atoms with Crippen LogP contribution in [0.15, 0.2) is 23.0 Å². The van der Waals surface area contributed by atoms with Crippen molar-refractivity contribution in [3.8, 4) is 0 Å². The minimum atomic E-state index is -0.586. The molecule has 0 saturated carbocycles. The van der Waals surface area contributed by atoms with Crippen molar-refractivity contribution in [3.05, 3.63) is 34.2 Å². The van der Waals surface area contributed by atoms with Gasteiger partial charge in [0.1, 0.15) is 0 Å². The minimum absolute atomic E-state index is 0.0187. The lowest BCUT2D eigenvalue weighted by Gasteiger charge is -2.26. The van der Waals surface area contributed by atoms with E-state index >= 15 is 0 Å². The van der Waals surface area contributed by atoms with Gasteiger partial charge in [0.15, 0.2) is 0 Å². The Kier molecular flexibility index (Phi) is 3.40. The van der Waals surface area contributed by atoms with E-state index in [1.165, 1.54) is 0 Å². The molecule has 0 radical (unpaired) electrons. The Labute approximate surface area is 117 Å². The number of para-hydroxylation sites is 1. The summed E-state index contributed by atoms with van der Waals surface area (Å²) >= 11 is 0. The molecular formula is C15H21N3O2. The van der Waals surface area contributed by atoms with Crippen LogP contribution in [0, 0.1) is 0 Å². The van der Waals surface area contributed by atoms with Gasteiger partial charge < -0.3 is 15.4 Å². The van der Waals surface area contributed by atoms with Gasteiger partial charge in [-0.1, -0.05) is 19.1 Å². The summed E-state index contributed by atoms with van der Waals surface area (Å²) in [6.45, 7) is 4.86. The van der Waals surface area contributed by atoms with E-state index in [4.69, 9.17) is 0 Å². The molecule has 5 heteroatoms. The first-order valence-corrected chi connectivity index (χ1v) is 7.27. The van der Waals surface area contributed by atoms with Crippen LogP contribution < -0.4 is 11.0 Å². The van der Waals surface area contributed by atoms with Crippen LogP contribution in [-0.2, 0) is 6.54 Å². The highest BCUT2D eigenvalue weighted by atomic mass is 16.3. The maximum absolute atomic E-state index is 12.0. The molecule has 0 aliphatic carbocycles. The highest BCUT2D eigenvalue weighted by Crippen LogP contribution is 2.29. The molecule has 20 heavy (non-hydrogen) atoms. The molecule has 0 bridgehead atoms. The lowest BCUT2D eigenvalue weighted by Crippen LogP contribution is -2.40. The summed E-state index contributed by atoms with van der Waals surface area (Å²) in [4.78, 5) is 14.9. The second kappa shape index (κ2) is 5.07. The molecule has 3 rings (SSSR count). The number of H-pyrrole nitrogens is 1. The number of rotatable bonds is 3. The van der Waals surface area contributed by atoms with E-state index in [1.807, 2.05) is 18.2 Å². The van der Waals surface area contributed by atoms with E-state index in [9.17, 15) is 9.90 Å². The second-order valence-electron chi connectivity index (χ2n) is 5.64. The summed E-state index contributed by atoms with van der Waals surface area (Å²) in [5.41, 5.74) is 2.39. The fourth-order valence-corrected chi connectivity index (χ4v) is 3.00. The van der Waals surface area contributed by atoms with Gasteiger partial charge in [-0.3, -0.25) is 4.57 Å². The van der Waals surface area contributed by atoms with Crippen LogP contribution in [0.4, 0.5) is 0 Å². The molecule has 108 valence electrons. The lowest BCUT2D eigenvalue weighted by molar-refractivity contribution is 0.119. The largest absolute Gasteiger partial charge is 0.387 e. The number of aromatic nitrogens is 2. The topological polar surface area (TPSA) is 70.0 Å². The molecule has 1 aliphatic rings. The van der Waals surface area contributed by atoms with Crippen molar-refractivity contribution in [2.75, 3.05) is 0 Å². The predicted octanol–water partition coefficient (Wildman–Crippen LogP) is 1.52. The molecule has 1 aliphatic heterocycles. The molecule has 3 atom stereocenters. The van der Waals surface area contributed by atoms with Crippen molar-refractivity contribution in [3.63, 3.8) is 0 Å². The quantitative estimate of drug-likeness (QED) is 0.795. The molecule has 0 saturated heterocycles. The van der Waals surface area contributed by atoms with Gasteiger partial charge in [-0.25, -0.2) is 4.79 Å². The number of aliphatic hydroxyl groups is 1. The van der Waals surface area contributed by atoms with E-state index < -0.39 is 6.10 Å². The Balaban J connectivity index is 2.06. The lowest BCUT2D eigenvalue weighted by atomic mass is 9.99. The van der Waals surface area contributed by atoms with Gasteiger partial charge in [0, 0.05) is 24.2 Å². The van der Waals surface area contributed by atoms with Gasteiger partial charge in [0.05, 0.1) is 17.1 Å². The zero-order valence-corrected chi connectivity index (χ0v) is 11.9. The van der Waals surface area contributed by atoms with Crippen LogP contribution in [0.5, 0.6) is 0 Å². The first-order valence-electron chi connectivity index (χ1n) is 7.27. The Hall–Kier alpha value is -1.59. The SMILES string of the molecule is CC[C@H](C)N[C@@H]1CCn2c(=O)[nH]c3cccc(c32)[C@H]1O. The van der Waals surface area contributed by atoms with Crippen LogP contribution in [-0.4, -0.2) is 26.7 Å². The molecule has 0 spiro atoms. The Morgan fingerprint density at radius 1 is 1.55 bits per heavy atom. The second-order valence-corrected chi connectivity index (χ2v) is 5.64. The smallest absolute Gasteiger partial charge is 0.326 e. The van der Waals surface area contributed by atoms with Gasteiger partial charge in [0.2, 0.25) is 0 Å². The number of nitrogens with one attached hydrogen (secondary N) is 2. The van der Waals surface area contributed by atoms with Gasteiger partial charge in [-0.2, -0.15) is 0 Å². The van der Waals surface area contributed by atoms with Gasteiger partial charge >= 0.3 is 5.69 Å². The molecule has 3 N–H and O–H groups in total. The summed E-state index contributed by atoms with van der Waals surface area (Å²) < 4.78 is 1.74. The van der Waals surface area contributed by atoms with E-state index in [-0.39, 0.29) is 11.7 Å². The summed E-state index contributed by atoms with van der Waals surface area (Å²) in [6, 6.07) is 6.01. The third-order valence-electron chi connectivity index (χ3n) is 4.30. The Morgan fingerprint density at radius 2 is 2.35 bits per heavy atom. The number of imidazole rings is 1. The average Bonchev–Trinajstić information content (AvgIpc) is 2.69. The number of aliphatic hydroxyl groups excluding tert-OH is 1. The normalized spacial score (nSPS) is 23.8. The third-order valence-corrected chi connectivity index (χ3v) is 4.30. The summed E-state index contributed by atoms with van der Waals surface area (Å²) in [7, 11) is 0. The number of hydrogen-bond donors (Lipinski definition) is 3. The van der Waals surface area contributed by atoms with Crippen LogP contribution in [0.3, 0.4) is 0 Å². The highest BCUT2D eigenvalue weighted by Gasteiger charge is 2.28. The Bertz CT molecular complexity index is 673. The van der Waals surface area contributed by atoms with E-state index in [0.29, 0.717) is 12.6 Å². The first-order chi connectivity index (χ1) is 9.61. The average molecular weight is 275 g/mol. The third kappa shape index (κ3) is 2.07.